The molecule has 1 aliphatic rings. The highest BCUT2D eigenvalue weighted by Crippen LogP contribution is 2.27. The van der Waals surface area contributed by atoms with Crippen LogP contribution >= 0.6 is 0 Å². The molecule has 0 aliphatic carbocycles. The van der Waals surface area contributed by atoms with Crippen LogP contribution in [0, 0.1) is 0 Å². The summed E-state index contributed by atoms with van der Waals surface area (Å²) in [4.78, 5) is 27.3. The van der Waals surface area contributed by atoms with E-state index in [4.69, 9.17) is 9.15 Å². The van der Waals surface area contributed by atoms with Crippen molar-refractivity contribution in [3.8, 4) is 0 Å². The van der Waals surface area contributed by atoms with Crippen molar-refractivity contribution in [3.63, 3.8) is 0 Å². The second-order valence-corrected chi connectivity index (χ2v) is 6.81. The second-order valence-electron chi connectivity index (χ2n) is 6.81. The quantitative estimate of drug-likeness (QED) is 0.681. The van der Waals surface area contributed by atoms with Gasteiger partial charge < -0.3 is 24.7 Å². The Kier molecular flexibility index (Phi) is 7.08. The molecule has 1 aromatic heterocycles. The molecule has 150 valence electrons. The maximum Gasteiger partial charge on any atom is 0.291 e. The molecule has 2 N–H and O–H groups in total. The third kappa shape index (κ3) is 5.13. The number of anilines is 2. The highest BCUT2D eigenvalue weighted by atomic mass is 16.5. The fourth-order valence-electron chi connectivity index (χ4n) is 3.32. The Labute approximate surface area is 165 Å². The first kappa shape index (κ1) is 19.9. The first-order valence-corrected chi connectivity index (χ1v) is 9.70. The number of carbonyl (C=O) groups excluding carboxylic acids is 2. The van der Waals surface area contributed by atoms with Crippen molar-refractivity contribution in [3.05, 3.63) is 47.9 Å². The summed E-state index contributed by atoms with van der Waals surface area (Å²) in [6.45, 7) is 3.00. The van der Waals surface area contributed by atoms with Gasteiger partial charge in [-0.3, -0.25) is 9.59 Å². The largest absolute Gasteiger partial charge is 0.459 e. The maximum atomic E-state index is 12.8. The van der Waals surface area contributed by atoms with E-state index in [9.17, 15) is 9.59 Å². The standard InChI is InChI=1S/C21H27N3O4/c1-27-13-6-10-22-20(25)17-15-16(23-21(26)19-7-5-14-28-19)8-9-18(17)24-11-3-2-4-12-24/h5,7-9,14-15H,2-4,6,10-13H2,1H3,(H,22,25)(H,23,26). The number of nitrogens with zero attached hydrogens (tertiary/aromatic N) is 1. The monoisotopic (exact) mass is 385 g/mol. The van der Waals surface area contributed by atoms with E-state index < -0.39 is 0 Å². The predicted molar refractivity (Wildman–Crippen MR) is 108 cm³/mol. The smallest absolute Gasteiger partial charge is 0.291 e. The Morgan fingerprint density at radius 2 is 1.96 bits per heavy atom. The number of hydrogen-bond acceptors (Lipinski definition) is 5. The summed E-state index contributed by atoms with van der Waals surface area (Å²) in [5, 5.41) is 5.74. The van der Waals surface area contributed by atoms with Crippen molar-refractivity contribution < 1.29 is 18.7 Å². The van der Waals surface area contributed by atoms with Gasteiger partial charge in [-0.25, -0.2) is 0 Å². The molecule has 2 aromatic rings. The fraction of sp³-hybridized carbons (Fsp3) is 0.429. The summed E-state index contributed by atoms with van der Waals surface area (Å²) in [6, 6.07) is 8.73. The van der Waals surface area contributed by atoms with Gasteiger partial charge in [0.05, 0.1) is 11.8 Å². The van der Waals surface area contributed by atoms with Gasteiger partial charge in [-0.15, -0.1) is 0 Å². The summed E-state index contributed by atoms with van der Waals surface area (Å²) in [7, 11) is 1.64. The van der Waals surface area contributed by atoms with Crippen molar-refractivity contribution in [2.45, 2.75) is 25.7 Å². The average Bonchev–Trinajstić information content (AvgIpc) is 3.27. The minimum absolute atomic E-state index is 0.147. The molecule has 1 aliphatic heterocycles. The van der Waals surface area contributed by atoms with Crippen LogP contribution in [0.2, 0.25) is 0 Å². The summed E-state index contributed by atoms with van der Waals surface area (Å²) >= 11 is 0. The zero-order valence-electron chi connectivity index (χ0n) is 16.2. The van der Waals surface area contributed by atoms with Crippen LogP contribution in [0.25, 0.3) is 0 Å². The lowest BCUT2D eigenvalue weighted by Gasteiger charge is -2.30. The van der Waals surface area contributed by atoms with Crippen LogP contribution in [0.5, 0.6) is 0 Å². The van der Waals surface area contributed by atoms with E-state index in [0.717, 1.165) is 38.0 Å². The summed E-state index contributed by atoms with van der Waals surface area (Å²) in [6.07, 6.45) is 5.65. The van der Waals surface area contributed by atoms with Gasteiger partial charge in [0.25, 0.3) is 11.8 Å². The molecule has 28 heavy (non-hydrogen) atoms. The average molecular weight is 385 g/mol. The number of nitrogens with one attached hydrogen (secondary N) is 2. The molecule has 2 amide bonds. The Balaban J connectivity index is 1.79. The molecule has 0 radical (unpaired) electrons. The molecular weight excluding hydrogens is 358 g/mol. The first-order valence-electron chi connectivity index (χ1n) is 9.70. The first-order chi connectivity index (χ1) is 13.7. The third-order valence-corrected chi connectivity index (χ3v) is 4.75. The minimum atomic E-state index is -0.345. The van der Waals surface area contributed by atoms with E-state index in [1.54, 1.807) is 25.3 Å². The van der Waals surface area contributed by atoms with Crippen LogP contribution in [-0.4, -0.2) is 45.2 Å². The third-order valence-electron chi connectivity index (χ3n) is 4.75. The van der Waals surface area contributed by atoms with E-state index in [1.807, 2.05) is 12.1 Å². The molecule has 1 saturated heterocycles. The number of amides is 2. The molecular formula is C21H27N3O4. The van der Waals surface area contributed by atoms with Crippen LogP contribution in [0.1, 0.15) is 46.6 Å². The van der Waals surface area contributed by atoms with E-state index in [1.165, 1.54) is 12.7 Å². The van der Waals surface area contributed by atoms with Crippen LogP contribution in [-0.2, 0) is 4.74 Å². The van der Waals surface area contributed by atoms with Crippen LogP contribution < -0.4 is 15.5 Å². The Morgan fingerprint density at radius 3 is 2.68 bits per heavy atom. The number of hydrogen-bond donors (Lipinski definition) is 2. The molecule has 2 heterocycles. The fourth-order valence-corrected chi connectivity index (χ4v) is 3.32. The number of benzene rings is 1. The van der Waals surface area contributed by atoms with Crippen LogP contribution in [0.15, 0.2) is 41.0 Å². The molecule has 0 bridgehead atoms. The number of furan rings is 1. The SMILES string of the molecule is COCCCNC(=O)c1cc(NC(=O)c2ccco2)ccc1N1CCCCC1. The molecule has 1 aromatic carbocycles. The topological polar surface area (TPSA) is 83.8 Å². The lowest BCUT2D eigenvalue weighted by Crippen LogP contribution is -2.33. The molecule has 7 nitrogen and oxygen atoms in total. The molecule has 3 rings (SSSR count). The predicted octanol–water partition coefficient (Wildman–Crippen LogP) is 3.29. The van der Waals surface area contributed by atoms with Crippen LogP contribution in [0.4, 0.5) is 11.4 Å². The van der Waals surface area contributed by atoms with Gasteiger partial charge in [0.15, 0.2) is 5.76 Å². The normalized spacial score (nSPS) is 14.0. The zero-order chi connectivity index (χ0) is 19.8. The van der Waals surface area contributed by atoms with Crippen LogP contribution in [0.3, 0.4) is 0 Å². The summed E-state index contributed by atoms with van der Waals surface area (Å²) in [5.74, 6) is -0.265. The number of piperidine rings is 1. The van der Waals surface area contributed by atoms with Crippen molar-refractivity contribution in [2.75, 3.05) is 43.6 Å². The molecule has 1 fully saturated rings. The molecule has 0 saturated carbocycles. The van der Waals surface area contributed by atoms with Gasteiger partial charge in [0, 0.05) is 44.7 Å². The van der Waals surface area contributed by atoms with Gasteiger partial charge in [0.1, 0.15) is 0 Å². The van der Waals surface area contributed by atoms with Gasteiger partial charge in [-0.1, -0.05) is 0 Å². The van der Waals surface area contributed by atoms with Gasteiger partial charge >= 0.3 is 0 Å². The number of carbonyl (C=O) groups is 2. The highest BCUT2D eigenvalue weighted by molar-refractivity contribution is 6.05. The highest BCUT2D eigenvalue weighted by Gasteiger charge is 2.20. The molecule has 0 spiro atoms. The van der Waals surface area contributed by atoms with Gasteiger partial charge in [-0.2, -0.15) is 0 Å². The van der Waals surface area contributed by atoms with Crippen molar-refractivity contribution in [1.82, 2.24) is 5.32 Å². The Bertz CT molecular complexity index is 783. The summed E-state index contributed by atoms with van der Waals surface area (Å²) in [5.41, 5.74) is 2.03. The number of methoxy groups -OCH3 is 1. The van der Waals surface area contributed by atoms with Crippen molar-refractivity contribution >= 4 is 23.2 Å². The van der Waals surface area contributed by atoms with E-state index >= 15 is 0 Å². The molecule has 0 atom stereocenters. The van der Waals surface area contributed by atoms with E-state index in [0.29, 0.717) is 24.4 Å². The second kappa shape index (κ2) is 9.94. The maximum absolute atomic E-state index is 12.8. The molecule has 7 heteroatoms. The molecule has 0 unspecified atom stereocenters. The van der Waals surface area contributed by atoms with E-state index in [2.05, 4.69) is 15.5 Å². The zero-order valence-corrected chi connectivity index (χ0v) is 16.2. The lowest BCUT2D eigenvalue weighted by atomic mass is 10.1. The van der Waals surface area contributed by atoms with E-state index in [-0.39, 0.29) is 17.6 Å². The van der Waals surface area contributed by atoms with Gasteiger partial charge in [-0.05, 0) is 56.0 Å². The number of rotatable bonds is 8. The summed E-state index contributed by atoms with van der Waals surface area (Å²) < 4.78 is 10.2. The van der Waals surface area contributed by atoms with Gasteiger partial charge in [0.2, 0.25) is 0 Å². The van der Waals surface area contributed by atoms with Crippen molar-refractivity contribution in [2.24, 2.45) is 0 Å². The van der Waals surface area contributed by atoms with Crippen molar-refractivity contribution in [1.29, 1.82) is 0 Å². The Hall–Kier alpha value is -2.80. The number of ether oxygens (including phenoxy) is 1. The lowest BCUT2D eigenvalue weighted by molar-refractivity contribution is 0.0947. The minimum Gasteiger partial charge on any atom is -0.459 e. The Morgan fingerprint density at radius 1 is 1.14 bits per heavy atom.